The summed E-state index contributed by atoms with van der Waals surface area (Å²) in [6, 6.07) is 0. The molecule has 0 unspecified atom stereocenters. The summed E-state index contributed by atoms with van der Waals surface area (Å²) >= 11 is 6.23. The topological polar surface area (TPSA) is 101 Å². The van der Waals surface area contributed by atoms with E-state index in [4.69, 9.17) is 25.4 Å². The predicted octanol–water partition coefficient (Wildman–Crippen LogP) is 2.91. The van der Waals surface area contributed by atoms with Crippen molar-refractivity contribution in [2.24, 2.45) is 5.92 Å². The Kier molecular flexibility index (Phi) is 4.05. The highest BCUT2D eigenvalue weighted by molar-refractivity contribution is 6.70. The van der Waals surface area contributed by atoms with Crippen molar-refractivity contribution in [1.82, 2.24) is 10.3 Å². The molecular weight excluding hydrogens is 354 g/mol. The monoisotopic (exact) mass is 371 g/mol. The normalized spacial score (nSPS) is 29.2. The van der Waals surface area contributed by atoms with E-state index in [1.54, 1.807) is 12.2 Å². The van der Waals surface area contributed by atoms with E-state index in [9.17, 15) is 10.1 Å². The summed E-state index contributed by atoms with van der Waals surface area (Å²) in [5.41, 5.74) is -1.34. The lowest BCUT2D eigenvalue weighted by atomic mass is 9.68. The van der Waals surface area contributed by atoms with E-state index < -0.39 is 25.9 Å². The van der Waals surface area contributed by atoms with E-state index in [0.717, 1.165) is 0 Å². The molecule has 0 fully saturated rings. The smallest absolute Gasteiger partial charge is 0.305 e. The summed E-state index contributed by atoms with van der Waals surface area (Å²) in [6.07, 6.45) is 2.77. The van der Waals surface area contributed by atoms with Crippen LogP contribution in [0.5, 0.6) is 0 Å². The maximum Gasteiger partial charge on any atom is 0.305 e. The highest BCUT2D eigenvalue weighted by Gasteiger charge is 2.65. The fourth-order valence-electron chi connectivity index (χ4n) is 3.35. The van der Waals surface area contributed by atoms with Gasteiger partial charge in [-0.25, -0.2) is 4.63 Å². The van der Waals surface area contributed by atoms with Crippen molar-refractivity contribution < 1.29 is 18.7 Å². The second kappa shape index (κ2) is 5.68. The lowest BCUT2D eigenvalue weighted by molar-refractivity contribution is -0.602. The third kappa shape index (κ3) is 2.47. The number of nitro groups is 1. The van der Waals surface area contributed by atoms with Crippen molar-refractivity contribution in [3.63, 3.8) is 0 Å². The number of rotatable bonds is 4. The van der Waals surface area contributed by atoms with Crippen molar-refractivity contribution >= 4 is 25.0 Å². The van der Waals surface area contributed by atoms with Gasteiger partial charge in [0.1, 0.15) is 0 Å². The van der Waals surface area contributed by atoms with E-state index in [2.05, 4.69) is 10.3 Å². The Labute approximate surface area is 144 Å². The summed E-state index contributed by atoms with van der Waals surface area (Å²) in [5, 5.41) is 19.9. The second-order valence-corrected chi connectivity index (χ2v) is 11.7. The Bertz CT molecular complexity index is 741. The minimum absolute atomic E-state index is 0.0974. The van der Waals surface area contributed by atoms with Gasteiger partial charge in [-0.15, -0.1) is 0 Å². The van der Waals surface area contributed by atoms with Gasteiger partial charge in [0, 0.05) is 18.5 Å². The fourth-order valence-corrected chi connectivity index (χ4v) is 4.56. The standard InChI is InChI=1S/C14H18ClN3O5Si/c1-21-11-7-9(22-24(2,3)4)5-8-6-10(15)12-13(17-23-16-12)14(8,11)18(19)20/h6-8,11H,5H2,1-4H3/t8-,11-,14-/m1/s1. The maximum atomic E-state index is 12.1. The van der Waals surface area contributed by atoms with Gasteiger partial charge in [0.2, 0.25) is 8.32 Å². The van der Waals surface area contributed by atoms with Crippen LogP contribution in [0.15, 0.2) is 22.5 Å². The molecule has 0 saturated heterocycles. The quantitative estimate of drug-likeness (QED) is 0.455. The number of methoxy groups -OCH3 is 1. The Morgan fingerprint density at radius 2 is 2.12 bits per heavy atom. The van der Waals surface area contributed by atoms with E-state index in [0.29, 0.717) is 12.2 Å². The molecule has 130 valence electrons. The lowest BCUT2D eigenvalue weighted by Crippen LogP contribution is -2.56. The minimum Gasteiger partial charge on any atom is -0.547 e. The van der Waals surface area contributed by atoms with E-state index in [1.807, 2.05) is 19.6 Å². The summed E-state index contributed by atoms with van der Waals surface area (Å²) < 4.78 is 16.3. The first kappa shape index (κ1) is 17.1. The zero-order valence-electron chi connectivity index (χ0n) is 13.8. The number of nitrogens with zero attached hydrogens (tertiary/aromatic N) is 3. The number of halogens is 1. The minimum atomic E-state index is -1.86. The molecule has 0 bridgehead atoms. The van der Waals surface area contributed by atoms with Crippen LogP contribution in [0.1, 0.15) is 17.8 Å². The molecule has 0 aromatic carbocycles. The molecule has 1 aromatic rings. The van der Waals surface area contributed by atoms with Crippen molar-refractivity contribution in [1.29, 1.82) is 0 Å². The molecule has 0 saturated carbocycles. The SMILES string of the molecule is CO[C@@H]1C=C(O[Si](C)(C)C)C[C@@H]2C=C(Cl)c3nonc3[C@@]21[N+](=O)[O-]. The third-order valence-electron chi connectivity index (χ3n) is 4.19. The van der Waals surface area contributed by atoms with E-state index in [-0.39, 0.29) is 21.3 Å². The van der Waals surface area contributed by atoms with Crippen LogP contribution in [-0.2, 0) is 14.7 Å². The highest BCUT2D eigenvalue weighted by Crippen LogP contribution is 2.51. The zero-order chi connectivity index (χ0) is 17.7. The lowest BCUT2D eigenvalue weighted by Gasteiger charge is -2.40. The first-order valence-corrected chi connectivity index (χ1v) is 11.3. The molecule has 2 aliphatic carbocycles. The number of hydrogen-bond acceptors (Lipinski definition) is 7. The highest BCUT2D eigenvalue weighted by atomic mass is 35.5. The van der Waals surface area contributed by atoms with Crippen LogP contribution in [0, 0.1) is 16.0 Å². The van der Waals surface area contributed by atoms with Crippen molar-refractivity contribution in [2.75, 3.05) is 7.11 Å². The van der Waals surface area contributed by atoms with Crippen molar-refractivity contribution in [3.8, 4) is 0 Å². The molecule has 0 amide bonds. The number of aromatic nitrogens is 2. The van der Waals surface area contributed by atoms with Gasteiger partial charge in [0.05, 0.1) is 16.7 Å². The molecule has 8 nitrogen and oxygen atoms in total. The van der Waals surface area contributed by atoms with Gasteiger partial charge in [0.25, 0.3) is 0 Å². The third-order valence-corrected chi connectivity index (χ3v) is 5.37. The molecule has 0 aliphatic heterocycles. The summed E-state index contributed by atoms with van der Waals surface area (Å²) in [6.45, 7) is 6.15. The molecule has 3 rings (SSSR count). The van der Waals surface area contributed by atoms with Gasteiger partial charge in [-0.2, -0.15) is 0 Å². The van der Waals surface area contributed by atoms with Crippen LogP contribution in [0.2, 0.25) is 19.6 Å². The van der Waals surface area contributed by atoms with Crippen LogP contribution in [-0.4, -0.2) is 36.8 Å². The number of ether oxygens (including phenoxy) is 1. The van der Waals surface area contributed by atoms with Crippen LogP contribution >= 0.6 is 11.6 Å². The average Bonchev–Trinajstić information content (AvgIpc) is 2.94. The van der Waals surface area contributed by atoms with Gasteiger partial charge in [-0.3, -0.25) is 10.1 Å². The van der Waals surface area contributed by atoms with E-state index in [1.165, 1.54) is 7.11 Å². The van der Waals surface area contributed by atoms with Gasteiger partial charge < -0.3 is 9.16 Å². The molecule has 3 atom stereocenters. The van der Waals surface area contributed by atoms with Crippen molar-refractivity contribution in [2.45, 2.75) is 37.7 Å². The fraction of sp³-hybridized carbons (Fsp3) is 0.571. The predicted molar refractivity (Wildman–Crippen MR) is 88.2 cm³/mol. The Morgan fingerprint density at radius 3 is 2.71 bits per heavy atom. The molecular formula is C14H18ClN3O5Si. The Hall–Kier alpha value is -1.71. The molecule has 1 aromatic heterocycles. The molecule has 24 heavy (non-hydrogen) atoms. The average molecular weight is 372 g/mol. The van der Waals surface area contributed by atoms with Gasteiger partial charge in [-0.05, 0) is 36.0 Å². The van der Waals surface area contributed by atoms with Crippen LogP contribution in [0.25, 0.3) is 5.03 Å². The number of fused-ring (bicyclic) bond motifs is 3. The molecule has 0 spiro atoms. The summed E-state index contributed by atoms with van der Waals surface area (Å²) in [7, 11) is -0.440. The Balaban J connectivity index is 2.17. The van der Waals surface area contributed by atoms with Gasteiger partial charge in [0.15, 0.2) is 17.5 Å². The maximum absolute atomic E-state index is 12.1. The van der Waals surface area contributed by atoms with Crippen molar-refractivity contribution in [3.05, 3.63) is 39.4 Å². The largest absolute Gasteiger partial charge is 0.547 e. The number of allylic oxidation sites excluding steroid dienone is 1. The Morgan fingerprint density at radius 1 is 1.42 bits per heavy atom. The van der Waals surface area contributed by atoms with Crippen LogP contribution < -0.4 is 0 Å². The molecule has 2 aliphatic rings. The molecule has 0 N–H and O–H groups in total. The first-order chi connectivity index (χ1) is 11.2. The van der Waals surface area contributed by atoms with Gasteiger partial charge in [-0.1, -0.05) is 17.7 Å². The number of hydrogen-bond donors (Lipinski definition) is 0. The van der Waals surface area contributed by atoms with Crippen LogP contribution in [0.4, 0.5) is 0 Å². The summed E-state index contributed by atoms with van der Waals surface area (Å²) in [5.74, 6) is 0.116. The molecule has 1 heterocycles. The zero-order valence-corrected chi connectivity index (χ0v) is 15.5. The second-order valence-electron chi connectivity index (χ2n) is 6.87. The first-order valence-electron chi connectivity index (χ1n) is 7.48. The summed E-state index contributed by atoms with van der Waals surface area (Å²) in [4.78, 5) is 11.7. The molecule has 0 radical (unpaired) electrons. The van der Waals surface area contributed by atoms with Crippen LogP contribution in [0.3, 0.4) is 0 Å². The van der Waals surface area contributed by atoms with Gasteiger partial charge >= 0.3 is 5.54 Å². The molecule has 10 heteroatoms. The van der Waals surface area contributed by atoms with E-state index >= 15 is 0 Å².